The lowest BCUT2D eigenvalue weighted by Gasteiger charge is -2.50. The molecule has 29 heavy (non-hydrogen) atoms. The number of nitro groups is 1. The minimum Gasteiger partial charge on any atom is -0.497 e. The number of piperidine rings is 1. The van der Waals surface area contributed by atoms with Crippen molar-refractivity contribution in [3.8, 4) is 5.75 Å². The van der Waals surface area contributed by atoms with Gasteiger partial charge in [-0.3, -0.25) is 10.1 Å². The SMILES string of the molecule is COc1cccc(C23CCN(C)CC2Cc2c([nH]c4c([N+](=O)[O-])cccc24)C3)c1. The van der Waals surface area contributed by atoms with E-state index in [0.29, 0.717) is 11.4 Å². The number of nitrogens with zero attached hydrogens (tertiary/aromatic N) is 2. The Morgan fingerprint density at radius 3 is 2.90 bits per heavy atom. The van der Waals surface area contributed by atoms with E-state index in [1.165, 1.54) is 11.1 Å². The number of hydrogen-bond donors (Lipinski definition) is 1. The largest absolute Gasteiger partial charge is 0.497 e. The lowest BCUT2D eigenvalue weighted by molar-refractivity contribution is -0.383. The van der Waals surface area contributed by atoms with Crippen LogP contribution in [-0.4, -0.2) is 42.1 Å². The van der Waals surface area contributed by atoms with Crippen molar-refractivity contribution in [3.63, 3.8) is 0 Å². The molecule has 1 aromatic heterocycles. The quantitative estimate of drug-likeness (QED) is 0.540. The molecule has 1 aliphatic carbocycles. The summed E-state index contributed by atoms with van der Waals surface area (Å²) in [5.74, 6) is 1.34. The van der Waals surface area contributed by atoms with Gasteiger partial charge in [0.15, 0.2) is 0 Å². The Bertz CT molecular complexity index is 1110. The summed E-state index contributed by atoms with van der Waals surface area (Å²) in [5.41, 5.74) is 4.56. The van der Waals surface area contributed by atoms with Gasteiger partial charge >= 0.3 is 0 Å². The third-order valence-electron chi connectivity index (χ3n) is 7.05. The van der Waals surface area contributed by atoms with Crippen molar-refractivity contribution >= 4 is 16.6 Å². The summed E-state index contributed by atoms with van der Waals surface area (Å²) >= 11 is 0. The summed E-state index contributed by atoms with van der Waals surface area (Å²) in [6.45, 7) is 2.07. The fourth-order valence-corrected chi connectivity index (χ4v) is 5.55. The predicted molar refractivity (Wildman–Crippen MR) is 113 cm³/mol. The molecular weight excluding hydrogens is 366 g/mol. The minimum absolute atomic E-state index is 0.0176. The Hall–Kier alpha value is -2.86. The Morgan fingerprint density at radius 2 is 2.10 bits per heavy atom. The van der Waals surface area contributed by atoms with Crippen LogP contribution in [0.4, 0.5) is 5.69 Å². The molecule has 0 amide bonds. The van der Waals surface area contributed by atoms with Crippen LogP contribution in [0, 0.1) is 16.0 Å². The highest BCUT2D eigenvalue weighted by atomic mass is 16.6. The van der Waals surface area contributed by atoms with E-state index >= 15 is 0 Å². The van der Waals surface area contributed by atoms with Crippen molar-refractivity contribution < 1.29 is 9.66 Å². The number of H-pyrrole nitrogens is 1. The number of likely N-dealkylation sites (tertiary alicyclic amines) is 1. The van der Waals surface area contributed by atoms with E-state index in [-0.39, 0.29) is 16.0 Å². The number of nitro benzene ring substituents is 1. The fraction of sp³-hybridized carbons (Fsp3) is 0.391. The summed E-state index contributed by atoms with van der Waals surface area (Å²) in [6, 6.07) is 13.9. The maximum absolute atomic E-state index is 11.5. The van der Waals surface area contributed by atoms with Crippen LogP contribution in [0.5, 0.6) is 5.75 Å². The molecule has 2 heterocycles. The van der Waals surface area contributed by atoms with Crippen LogP contribution in [0.3, 0.4) is 0 Å². The summed E-state index contributed by atoms with van der Waals surface area (Å²) in [5, 5.41) is 12.5. The zero-order valence-corrected chi connectivity index (χ0v) is 16.8. The number of para-hydroxylation sites is 1. The first kappa shape index (κ1) is 18.2. The maximum Gasteiger partial charge on any atom is 0.293 e. The number of aromatic amines is 1. The van der Waals surface area contributed by atoms with Crippen molar-refractivity contribution in [2.45, 2.75) is 24.7 Å². The topological polar surface area (TPSA) is 71.4 Å². The smallest absolute Gasteiger partial charge is 0.293 e. The molecule has 0 radical (unpaired) electrons. The molecule has 6 nitrogen and oxygen atoms in total. The third-order valence-corrected chi connectivity index (χ3v) is 7.05. The second-order valence-electron chi connectivity index (χ2n) is 8.52. The van der Waals surface area contributed by atoms with E-state index in [9.17, 15) is 10.1 Å². The van der Waals surface area contributed by atoms with Crippen LogP contribution in [0.1, 0.15) is 23.2 Å². The van der Waals surface area contributed by atoms with E-state index in [0.717, 1.165) is 49.2 Å². The first-order chi connectivity index (χ1) is 14.0. The van der Waals surface area contributed by atoms with Gasteiger partial charge in [-0.2, -0.15) is 0 Å². The van der Waals surface area contributed by atoms with Gasteiger partial charge < -0.3 is 14.6 Å². The van der Waals surface area contributed by atoms with Crippen LogP contribution in [0.15, 0.2) is 42.5 Å². The van der Waals surface area contributed by atoms with E-state index in [4.69, 9.17) is 4.74 Å². The Labute approximate surface area is 169 Å². The molecule has 2 unspecified atom stereocenters. The number of non-ortho nitro benzene ring substituents is 1. The van der Waals surface area contributed by atoms with Crippen LogP contribution < -0.4 is 4.74 Å². The highest BCUT2D eigenvalue weighted by molar-refractivity contribution is 5.92. The van der Waals surface area contributed by atoms with Gasteiger partial charge in [-0.25, -0.2) is 0 Å². The third kappa shape index (κ3) is 2.74. The van der Waals surface area contributed by atoms with Gasteiger partial charge in [0.05, 0.1) is 12.0 Å². The molecule has 2 aromatic carbocycles. The van der Waals surface area contributed by atoms with Gasteiger partial charge in [0.1, 0.15) is 11.3 Å². The maximum atomic E-state index is 11.5. The number of aromatic nitrogens is 1. The van der Waals surface area contributed by atoms with Crippen LogP contribution in [-0.2, 0) is 18.3 Å². The average Bonchev–Trinajstić information content (AvgIpc) is 3.09. The number of methoxy groups -OCH3 is 1. The molecule has 5 rings (SSSR count). The standard InChI is InChI=1S/C23H25N3O3/c1-25-10-9-23(15-5-3-6-17(11-15)29-2)13-20-19(12-16(23)14-25)18-7-4-8-21(26(27)28)22(18)24-20/h3-8,11,16,24H,9-10,12-14H2,1-2H3. The van der Waals surface area contributed by atoms with Crippen molar-refractivity contribution in [3.05, 3.63) is 69.4 Å². The van der Waals surface area contributed by atoms with Crippen LogP contribution in [0.25, 0.3) is 10.9 Å². The second kappa shape index (κ2) is 6.59. The van der Waals surface area contributed by atoms with Gasteiger partial charge in [0.2, 0.25) is 0 Å². The van der Waals surface area contributed by atoms with Gasteiger partial charge in [-0.05, 0) is 62.0 Å². The number of fused-ring (bicyclic) bond motifs is 4. The van der Waals surface area contributed by atoms with Crippen molar-refractivity contribution in [2.75, 3.05) is 27.2 Å². The molecule has 0 bridgehead atoms. The van der Waals surface area contributed by atoms with Gasteiger partial charge in [-0.1, -0.05) is 24.3 Å². The van der Waals surface area contributed by atoms with Crippen molar-refractivity contribution in [2.24, 2.45) is 5.92 Å². The molecule has 1 saturated heterocycles. The Balaban J connectivity index is 1.68. The zero-order chi connectivity index (χ0) is 20.2. The minimum atomic E-state index is -0.289. The van der Waals surface area contributed by atoms with Gasteiger partial charge in [0, 0.05) is 29.1 Å². The number of benzene rings is 2. The van der Waals surface area contributed by atoms with E-state index in [1.807, 2.05) is 12.1 Å². The van der Waals surface area contributed by atoms with Crippen molar-refractivity contribution in [1.29, 1.82) is 0 Å². The predicted octanol–water partition coefficient (Wildman–Crippen LogP) is 4.07. The molecule has 2 aliphatic rings. The molecule has 0 spiro atoms. The molecule has 2 atom stereocenters. The van der Waals surface area contributed by atoms with E-state index in [2.05, 4.69) is 35.1 Å². The molecule has 150 valence electrons. The van der Waals surface area contributed by atoms with Crippen LogP contribution in [0.2, 0.25) is 0 Å². The molecule has 6 heteroatoms. The molecule has 3 aromatic rings. The van der Waals surface area contributed by atoms with E-state index < -0.39 is 0 Å². The monoisotopic (exact) mass is 391 g/mol. The molecule has 0 saturated carbocycles. The van der Waals surface area contributed by atoms with Gasteiger partial charge in [-0.15, -0.1) is 0 Å². The first-order valence-corrected chi connectivity index (χ1v) is 10.1. The highest BCUT2D eigenvalue weighted by Crippen LogP contribution is 2.49. The lowest BCUT2D eigenvalue weighted by Crippen LogP contribution is -2.52. The van der Waals surface area contributed by atoms with Gasteiger partial charge in [0.25, 0.3) is 5.69 Å². The van der Waals surface area contributed by atoms with Crippen molar-refractivity contribution in [1.82, 2.24) is 9.88 Å². The number of rotatable bonds is 3. The molecule has 1 aliphatic heterocycles. The summed E-state index contributed by atoms with van der Waals surface area (Å²) < 4.78 is 5.51. The zero-order valence-electron chi connectivity index (χ0n) is 16.8. The second-order valence-corrected chi connectivity index (χ2v) is 8.52. The highest BCUT2D eigenvalue weighted by Gasteiger charge is 2.47. The fourth-order valence-electron chi connectivity index (χ4n) is 5.55. The summed E-state index contributed by atoms with van der Waals surface area (Å²) in [4.78, 5) is 17.1. The molecule has 1 N–H and O–H groups in total. The Kier molecular flexibility index (Phi) is 4.13. The first-order valence-electron chi connectivity index (χ1n) is 10.1. The lowest BCUT2D eigenvalue weighted by atomic mass is 9.59. The number of hydrogen-bond acceptors (Lipinski definition) is 4. The molecule has 1 fully saturated rings. The molecular formula is C23H25N3O3. The summed E-state index contributed by atoms with van der Waals surface area (Å²) in [7, 11) is 3.89. The average molecular weight is 391 g/mol. The summed E-state index contributed by atoms with van der Waals surface area (Å²) in [6.07, 6.45) is 2.87. The van der Waals surface area contributed by atoms with E-state index in [1.54, 1.807) is 19.2 Å². The number of nitrogens with one attached hydrogen (secondary N) is 1. The normalized spacial score (nSPS) is 24.1. The Morgan fingerprint density at radius 1 is 1.28 bits per heavy atom. The van der Waals surface area contributed by atoms with Crippen LogP contribution >= 0.6 is 0 Å². The number of ether oxygens (including phenoxy) is 1.